The van der Waals surface area contributed by atoms with E-state index in [0.717, 1.165) is 10.3 Å². The highest BCUT2D eigenvalue weighted by Gasteiger charge is 2.23. The summed E-state index contributed by atoms with van der Waals surface area (Å²) in [6.45, 7) is 0.394. The third-order valence-corrected chi connectivity index (χ3v) is 4.59. The number of H-pyrrole nitrogens is 1. The highest BCUT2D eigenvalue weighted by atomic mass is 79.9. The molecule has 0 fully saturated rings. The molecule has 0 amide bonds. The first-order chi connectivity index (χ1) is 14.0. The first kappa shape index (κ1) is 18.8. The molecule has 2 N–H and O–H groups in total. The van der Waals surface area contributed by atoms with Gasteiger partial charge in [0.05, 0.1) is 10.2 Å². The third kappa shape index (κ3) is 3.87. The summed E-state index contributed by atoms with van der Waals surface area (Å²) in [5.74, 6) is -1.00. The van der Waals surface area contributed by atoms with Gasteiger partial charge in [-0.15, -0.1) is 0 Å². The minimum absolute atomic E-state index is 0.0328. The highest BCUT2D eigenvalue weighted by Crippen LogP contribution is 2.26. The van der Waals surface area contributed by atoms with Crippen molar-refractivity contribution in [2.75, 3.05) is 11.9 Å². The lowest BCUT2D eigenvalue weighted by molar-refractivity contribution is 0.309. The van der Waals surface area contributed by atoms with Gasteiger partial charge in [-0.1, -0.05) is 11.2 Å². The second-order valence-corrected chi connectivity index (χ2v) is 6.74. The van der Waals surface area contributed by atoms with E-state index in [-0.39, 0.29) is 27.4 Å². The molecule has 29 heavy (non-hydrogen) atoms. The maximum atomic E-state index is 13.5. The van der Waals surface area contributed by atoms with Crippen LogP contribution in [0.5, 0.6) is 0 Å². The lowest BCUT2D eigenvalue weighted by atomic mass is 10.2. The fourth-order valence-electron chi connectivity index (χ4n) is 2.66. The molecule has 0 aliphatic rings. The minimum Gasteiger partial charge on any atom is -0.365 e. The summed E-state index contributed by atoms with van der Waals surface area (Å²) in [5, 5.41) is 14.3. The molecular formula is C17H12BrFN6O4. The highest BCUT2D eigenvalue weighted by molar-refractivity contribution is 9.10. The second-order valence-electron chi connectivity index (χ2n) is 5.88. The van der Waals surface area contributed by atoms with Crippen LogP contribution in [-0.2, 0) is 6.42 Å². The van der Waals surface area contributed by atoms with Crippen LogP contribution < -0.4 is 16.6 Å². The van der Waals surface area contributed by atoms with Crippen molar-refractivity contribution in [2.24, 2.45) is 0 Å². The summed E-state index contributed by atoms with van der Waals surface area (Å²) >= 11 is 3.08. The maximum absolute atomic E-state index is 13.5. The first-order valence-corrected chi connectivity index (χ1v) is 9.11. The van der Waals surface area contributed by atoms with E-state index in [2.05, 4.69) is 41.7 Å². The van der Waals surface area contributed by atoms with E-state index in [1.807, 2.05) is 0 Å². The van der Waals surface area contributed by atoms with Gasteiger partial charge < -0.3 is 10.3 Å². The van der Waals surface area contributed by atoms with Crippen LogP contribution in [0.15, 0.2) is 59.6 Å². The van der Waals surface area contributed by atoms with E-state index in [1.54, 1.807) is 12.1 Å². The SMILES string of the molecule is O=c1cccc(CCNc2nonc2-c2noc(=O)n2-c2ccc(F)c(Br)c2)[nH]1. The van der Waals surface area contributed by atoms with E-state index >= 15 is 0 Å². The van der Waals surface area contributed by atoms with Crippen molar-refractivity contribution >= 4 is 21.7 Å². The van der Waals surface area contributed by atoms with Gasteiger partial charge >= 0.3 is 5.76 Å². The van der Waals surface area contributed by atoms with Crippen LogP contribution >= 0.6 is 15.9 Å². The molecule has 3 aromatic heterocycles. The Morgan fingerprint density at radius 2 is 2.03 bits per heavy atom. The van der Waals surface area contributed by atoms with Crippen LogP contribution in [0.3, 0.4) is 0 Å². The van der Waals surface area contributed by atoms with E-state index < -0.39 is 11.6 Å². The number of benzene rings is 1. The van der Waals surface area contributed by atoms with Crippen LogP contribution in [-0.4, -0.2) is 31.6 Å². The van der Waals surface area contributed by atoms with Crippen LogP contribution in [0, 0.1) is 5.82 Å². The van der Waals surface area contributed by atoms with Crippen molar-refractivity contribution in [1.29, 1.82) is 0 Å². The average Bonchev–Trinajstić information content (AvgIpc) is 3.30. The predicted octanol–water partition coefficient (Wildman–Crippen LogP) is 2.12. The van der Waals surface area contributed by atoms with Crippen molar-refractivity contribution < 1.29 is 13.5 Å². The van der Waals surface area contributed by atoms with E-state index in [1.165, 1.54) is 24.3 Å². The standard InChI is InChI=1S/C17H12BrFN6O4/c18-11-8-10(4-5-12(11)19)25-16(24-28-17(25)27)14-15(23-29-22-14)20-7-6-9-2-1-3-13(26)21-9/h1-5,8H,6-7H2,(H,20,23)(H,21,26). The molecule has 0 atom stereocenters. The molecule has 1 aromatic carbocycles. The predicted molar refractivity (Wildman–Crippen MR) is 102 cm³/mol. The number of aromatic amines is 1. The summed E-state index contributed by atoms with van der Waals surface area (Å²) in [5.41, 5.74) is 0.995. The van der Waals surface area contributed by atoms with Gasteiger partial charge in [-0.05, 0) is 50.5 Å². The molecule has 0 bridgehead atoms. The van der Waals surface area contributed by atoms with Crippen molar-refractivity contribution in [2.45, 2.75) is 6.42 Å². The molecule has 12 heteroatoms. The quantitative estimate of drug-likeness (QED) is 0.445. The average molecular weight is 463 g/mol. The number of halogens is 2. The van der Waals surface area contributed by atoms with Crippen molar-refractivity contribution in [3.8, 4) is 17.2 Å². The largest absolute Gasteiger partial charge is 0.446 e. The van der Waals surface area contributed by atoms with E-state index in [4.69, 9.17) is 9.15 Å². The Labute approximate surface area is 169 Å². The van der Waals surface area contributed by atoms with Crippen LogP contribution in [0.25, 0.3) is 17.2 Å². The Morgan fingerprint density at radius 3 is 2.83 bits per heavy atom. The summed E-state index contributed by atoms with van der Waals surface area (Å²) < 4.78 is 24.4. The molecule has 0 unspecified atom stereocenters. The summed E-state index contributed by atoms with van der Waals surface area (Å²) in [6, 6.07) is 8.87. The monoisotopic (exact) mass is 462 g/mol. The molecule has 0 saturated heterocycles. The smallest absolute Gasteiger partial charge is 0.365 e. The molecule has 3 heterocycles. The number of nitrogens with one attached hydrogen (secondary N) is 2. The Bertz CT molecular complexity index is 1280. The van der Waals surface area contributed by atoms with Gasteiger partial charge in [-0.25, -0.2) is 18.4 Å². The Balaban J connectivity index is 1.61. The number of aromatic nitrogens is 5. The Morgan fingerprint density at radius 1 is 1.17 bits per heavy atom. The van der Waals surface area contributed by atoms with Gasteiger partial charge in [0.25, 0.3) is 0 Å². The lowest BCUT2D eigenvalue weighted by Crippen LogP contribution is -2.14. The van der Waals surface area contributed by atoms with Gasteiger partial charge in [-0.3, -0.25) is 9.32 Å². The molecule has 0 spiro atoms. The van der Waals surface area contributed by atoms with Gasteiger partial charge in [0.1, 0.15) is 5.82 Å². The Kier molecular flexibility index (Phi) is 5.08. The Hall–Kier alpha value is -3.54. The third-order valence-electron chi connectivity index (χ3n) is 3.98. The number of anilines is 1. The van der Waals surface area contributed by atoms with Gasteiger partial charge in [0, 0.05) is 24.7 Å². The number of pyridine rings is 1. The van der Waals surface area contributed by atoms with Crippen molar-refractivity contribution in [3.63, 3.8) is 0 Å². The zero-order valence-electron chi connectivity index (χ0n) is 14.6. The minimum atomic E-state index is -0.783. The van der Waals surface area contributed by atoms with Gasteiger partial charge in [0.15, 0.2) is 5.69 Å². The fraction of sp³-hybridized carbons (Fsp3) is 0.118. The van der Waals surface area contributed by atoms with Crippen LogP contribution in [0.2, 0.25) is 0 Å². The topological polar surface area (TPSA) is 132 Å². The molecule has 0 aliphatic heterocycles. The second kappa shape index (κ2) is 7.83. The van der Waals surface area contributed by atoms with Crippen molar-refractivity contribution in [1.82, 2.24) is 25.0 Å². The molecule has 148 valence electrons. The fourth-order valence-corrected chi connectivity index (χ4v) is 3.02. The van der Waals surface area contributed by atoms with Gasteiger partial charge in [-0.2, -0.15) is 0 Å². The molecule has 0 aliphatic carbocycles. The molecule has 4 aromatic rings. The molecule has 10 nitrogen and oxygen atoms in total. The van der Waals surface area contributed by atoms with E-state index in [9.17, 15) is 14.0 Å². The van der Waals surface area contributed by atoms with E-state index in [0.29, 0.717) is 18.7 Å². The zero-order valence-corrected chi connectivity index (χ0v) is 16.1. The summed E-state index contributed by atoms with van der Waals surface area (Å²) in [6.07, 6.45) is 0.499. The van der Waals surface area contributed by atoms with Gasteiger partial charge in [0.2, 0.25) is 17.2 Å². The molecule has 0 radical (unpaired) electrons. The number of hydrogen-bond acceptors (Lipinski definition) is 8. The normalized spacial score (nSPS) is 11.0. The number of rotatable bonds is 6. The first-order valence-electron chi connectivity index (χ1n) is 8.32. The maximum Gasteiger partial charge on any atom is 0.446 e. The molecule has 0 saturated carbocycles. The zero-order chi connectivity index (χ0) is 20.4. The number of hydrogen-bond donors (Lipinski definition) is 2. The van der Waals surface area contributed by atoms with Crippen LogP contribution in [0.4, 0.5) is 10.2 Å². The van der Waals surface area contributed by atoms with Crippen molar-refractivity contribution in [3.05, 3.63) is 73.3 Å². The van der Waals surface area contributed by atoms with Crippen LogP contribution in [0.1, 0.15) is 5.69 Å². The summed E-state index contributed by atoms with van der Waals surface area (Å²) in [4.78, 5) is 26.2. The number of nitrogens with zero attached hydrogens (tertiary/aromatic N) is 4. The lowest BCUT2D eigenvalue weighted by Gasteiger charge is -2.06. The summed E-state index contributed by atoms with van der Waals surface area (Å²) in [7, 11) is 0. The molecular weight excluding hydrogens is 451 g/mol. The molecule has 4 rings (SSSR count).